The van der Waals surface area contributed by atoms with Gasteiger partial charge in [-0.2, -0.15) is 0 Å². The minimum atomic E-state index is -0.344. The number of amides is 1. The summed E-state index contributed by atoms with van der Waals surface area (Å²) in [5, 5.41) is 9.15. The number of benzene rings is 2. The molecule has 0 atom stereocenters. The molecule has 3 N–H and O–H groups in total. The molecule has 0 spiro atoms. The van der Waals surface area contributed by atoms with Gasteiger partial charge in [-0.25, -0.2) is 4.39 Å². The monoisotopic (exact) mass is 526 g/mol. The van der Waals surface area contributed by atoms with Crippen molar-refractivity contribution in [2.45, 2.75) is 13.0 Å². The summed E-state index contributed by atoms with van der Waals surface area (Å²) < 4.78 is 18.8. The average molecular weight is 526 g/mol. The van der Waals surface area contributed by atoms with Crippen LogP contribution in [0.15, 0.2) is 66.2 Å². The topological polar surface area (TPSA) is 74.8 Å². The number of rotatable bonds is 10. The molecule has 0 unspecified atom stereocenters. The molecule has 0 heterocycles. The van der Waals surface area contributed by atoms with Crippen LogP contribution in [0.1, 0.15) is 11.1 Å². The number of guanidine groups is 1. The summed E-state index contributed by atoms with van der Waals surface area (Å²) in [5.41, 5.74) is 1.64. The Morgan fingerprint density at radius 3 is 2.63 bits per heavy atom. The van der Waals surface area contributed by atoms with Crippen LogP contribution in [0.25, 0.3) is 0 Å². The summed E-state index contributed by atoms with van der Waals surface area (Å²) in [6.07, 6.45) is 1.85. The first-order valence-electron chi connectivity index (χ1n) is 9.39. The van der Waals surface area contributed by atoms with E-state index in [4.69, 9.17) is 4.74 Å². The zero-order chi connectivity index (χ0) is 20.9. The van der Waals surface area contributed by atoms with Gasteiger partial charge in [0, 0.05) is 32.2 Å². The van der Waals surface area contributed by atoms with Crippen molar-refractivity contribution in [2.75, 3.05) is 26.7 Å². The van der Waals surface area contributed by atoms with Crippen LogP contribution in [0.2, 0.25) is 0 Å². The Hall–Kier alpha value is -2.62. The lowest BCUT2D eigenvalue weighted by Gasteiger charge is -2.14. The largest absolute Gasteiger partial charge is 0.489 e. The Labute approximate surface area is 194 Å². The van der Waals surface area contributed by atoms with E-state index < -0.39 is 0 Å². The van der Waals surface area contributed by atoms with E-state index in [1.54, 1.807) is 25.3 Å². The molecule has 0 aliphatic carbocycles. The van der Waals surface area contributed by atoms with Gasteiger partial charge in [0.05, 0.1) is 6.42 Å². The second-order valence-electron chi connectivity index (χ2n) is 6.22. The molecule has 1 amide bonds. The van der Waals surface area contributed by atoms with Gasteiger partial charge in [-0.15, -0.1) is 24.0 Å². The lowest BCUT2D eigenvalue weighted by atomic mass is 10.1. The Bertz CT molecular complexity index is 845. The van der Waals surface area contributed by atoms with Crippen molar-refractivity contribution in [1.82, 2.24) is 16.0 Å². The molecular weight excluding hydrogens is 498 g/mol. The number of carbonyl (C=O) groups excluding carboxylic acids is 1. The average Bonchev–Trinajstić information content (AvgIpc) is 2.72. The van der Waals surface area contributed by atoms with E-state index in [0.29, 0.717) is 37.8 Å². The number of nitrogens with zero attached hydrogens (tertiary/aromatic N) is 1. The maximum atomic E-state index is 13.2. The van der Waals surface area contributed by atoms with Crippen molar-refractivity contribution in [3.8, 4) is 5.75 Å². The smallest absolute Gasteiger partial charge is 0.224 e. The van der Waals surface area contributed by atoms with Gasteiger partial charge in [0.2, 0.25) is 5.91 Å². The third-order valence-corrected chi connectivity index (χ3v) is 3.99. The molecule has 0 aromatic heterocycles. The summed E-state index contributed by atoms with van der Waals surface area (Å²) in [5.74, 6) is 0.903. The van der Waals surface area contributed by atoms with Gasteiger partial charge in [-0.1, -0.05) is 43.0 Å². The molecule has 2 aromatic carbocycles. The van der Waals surface area contributed by atoms with Crippen LogP contribution in [0, 0.1) is 5.82 Å². The highest BCUT2D eigenvalue weighted by molar-refractivity contribution is 14.0. The highest BCUT2D eigenvalue weighted by Gasteiger charge is 2.06. The van der Waals surface area contributed by atoms with E-state index in [1.807, 2.05) is 24.3 Å². The predicted molar refractivity (Wildman–Crippen MR) is 129 cm³/mol. The first-order chi connectivity index (χ1) is 14.1. The molecule has 8 heteroatoms. The fourth-order valence-corrected chi connectivity index (χ4v) is 2.62. The van der Waals surface area contributed by atoms with E-state index in [2.05, 4.69) is 27.5 Å². The Balaban J connectivity index is 0.00000450. The van der Waals surface area contributed by atoms with E-state index in [-0.39, 0.29) is 42.1 Å². The van der Waals surface area contributed by atoms with Crippen molar-refractivity contribution in [1.29, 1.82) is 0 Å². The second kappa shape index (κ2) is 14.4. The number of nitrogens with one attached hydrogen (secondary N) is 3. The molecule has 0 aliphatic rings. The molecule has 2 rings (SSSR count). The van der Waals surface area contributed by atoms with Gasteiger partial charge in [0.1, 0.15) is 18.2 Å². The Morgan fingerprint density at radius 2 is 1.90 bits per heavy atom. The van der Waals surface area contributed by atoms with Crippen LogP contribution < -0.4 is 20.7 Å². The van der Waals surface area contributed by atoms with Crippen LogP contribution in [0.5, 0.6) is 5.75 Å². The first-order valence-corrected chi connectivity index (χ1v) is 9.39. The van der Waals surface area contributed by atoms with Crippen LogP contribution in [-0.2, 0) is 17.8 Å². The third-order valence-electron chi connectivity index (χ3n) is 3.99. The number of hydrogen-bond acceptors (Lipinski definition) is 3. The molecule has 2 aromatic rings. The van der Waals surface area contributed by atoms with Gasteiger partial charge in [-0.05, 0) is 23.8 Å². The van der Waals surface area contributed by atoms with E-state index in [9.17, 15) is 9.18 Å². The third kappa shape index (κ3) is 9.25. The lowest BCUT2D eigenvalue weighted by molar-refractivity contribution is -0.120. The number of hydrogen-bond donors (Lipinski definition) is 3. The zero-order valence-corrected chi connectivity index (χ0v) is 19.3. The molecule has 162 valence electrons. The van der Waals surface area contributed by atoms with Gasteiger partial charge < -0.3 is 20.7 Å². The number of carbonyl (C=O) groups is 1. The maximum Gasteiger partial charge on any atom is 0.224 e. The van der Waals surface area contributed by atoms with E-state index >= 15 is 0 Å². The van der Waals surface area contributed by atoms with Crippen molar-refractivity contribution in [3.63, 3.8) is 0 Å². The van der Waals surface area contributed by atoms with Crippen molar-refractivity contribution >= 4 is 35.8 Å². The zero-order valence-electron chi connectivity index (χ0n) is 17.0. The van der Waals surface area contributed by atoms with Gasteiger partial charge in [0.15, 0.2) is 5.96 Å². The minimum absolute atomic E-state index is 0. The summed E-state index contributed by atoms with van der Waals surface area (Å²) in [6, 6.07) is 13.8. The molecule has 0 fully saturated rings. The van der Waals surface area contributed by atoms with Gasteiger partial charge >= 0.3 is 0 Å². The van der Waals surface area contributed by atoms with Crippen LogP contribution in [0.3, 0.4) is 0 Å². The SMILES string of the molecule is C=CCOc1ccccc1CNC(=NC)NCCNC(=O)Cc1cccc(F)c1.I. The number of ether oxygens (including phenoxy) is 1. The van der Waals surface area contributed by atoms with Gasteiger partial charge in [0.25, 0.3) is 0 Å². The Kier molecular flexibility index (Phi) is 12.2. The van der Waals surface area contributed by atoms with Crippen LogP contribution in [-0.4, -0.2) is 38.6 Å². The highest BCUT2D eigenvalue weighted by Crippen LogP contribution is 2.17. The van der Waals surface area contributed by atoms with E-state index in [0.717, 1.165) is 11.3 Å². The molecule has 6 nitrogen and oxygen atoms in total. The van der Waals surface area contributed by atoms with Crippen molar-refractivity contribution in [2.24, 2.45) is 4.99 Å². The van der Waals surface area contributed by atoms with Gasteiger partial charge in [-0.3, -0.25) is 9.79 Å². The molecule has 0 saturated heterocycles. The first kappa shape index (κ1) is 25.4. The number of aliphatic imine (C=N–C) groups is 1. The summed E-state index contributed by atoms with van der Waals surface area (Å²) in [6.45, 7) is 5.57. The summed E-state index contributed by atoms with van der Waals surface area (Å²) in [4.78, 5) is 16.1. The Morgan fingerprint density at radius 1 is 1.13 bits per heavy atom. The van der Waals surface area contributed by atoms with Crippen molar-refractivity contribution in [3.05, 3.63) is 78.1 Å². The molecule has 30 heavy (non-hydrogen) atoms. The fraction of sp³-hybridized carbons (Fsp3) is 0.273. The molecule has 0 aliphatic heterocycles. The molecular formula is C22H28FIN4O2. The van der Waals surface area contributed by atoms with Crippen molar-refractivity contribution < 1.29 is 13.9 Å². The van der Waals surface area contributed by atoms with Crippen LogP contribution >= 0.6 is 24.0 Å². The normalized spacial score (nSPS) is 10.5. The van der Waals surface area contributed by atoms with Crippen LogP contribution in [0.4, 0.5) is 4.39 Å². The second-order valence-corrected chi connectivity index (χ2v) is 6.22. The minimum Gasteiger partial charge on any atom is -0.489 e. The number of halogens is 2. The lowest BCUT2D eigenvalue weighted by Crippen LogP contribution is -2.41. The fourth-order valence-electron chi connectivity index (χ4n) is 2.62. The number of para-hydroxylation sites is 1. The summed E-state index contributed by atoms with van der Waals surface area (Å²) in [7, 11) is 1.68. The molecule has 0 radical (unpaired) electrons. The van der Waals surface area contributed by atoms with E-state index in [1.165, 1.54) is 12.1 Å². The quantitative estimate of drug-likeness (QED) is 0.146. The molecule has 0 bridgehead atoms. The maximum absolute atomic E-state index is 13.2. The standard InChI is InChI=1S/C22H27FN4O2.HI/c1-3-13-29-20-10-5-4-8-18(20)16-27-22(24-2)26-12-11-25-21(28)15-17-7-6-9-19(23)14-17;/h3-10,14H,1,11-13,15-16H2,2H3,(H,25,28)(H2,24,26,27);1H. The summed E-state index contributed by atoms with van der Waals surface area (Å²) >= 11 is 0. The molecule has 0 saturated carbocycles. The predicted octanol–water partition coefficient (Wildman–Crippen LogP) is 3.03. The highest BCUT2D eigenvalue weighted by atomic mass is 127.